The van der Waals surface area contributed by atoms with Gasteiger partial charge in [-0.2, -0.15) is 0 Å². The summed E-state index contributed by atoms with van der Waals surface area (Å²) >= 11 is 0. The summed E-state index contributed by atoms with van der Waals surface area (Å²) in [6, 6.07) is 5.75. The van der Waals surface area contributed by atoms with Crippen LogP contribution in [0.15, 0.2) is 18.2 Å². The highest BCUT2D eigenvalue weighted by molar-refractivity contribution is 5.95. The van der Waals surface area contributed by atoms with E-state index in [4.69, 9.17) is 0 Å². The summed E-state index contributed by atoms with van der Waals surface area (Å²) < 4.78 is 0. The number of benzene rings is 1. The molecule has 1 aromatic carbocycles. The fraction of sp³-hybridized carbons (Fsp3) is 0.533. The molecular weight excluding hydrogens is 226 g/mol. The van der Waals surface area contributed by atoms with Crippen LogP contribution in [0.25, 0.3) is 0 Å². The minimum atomic E-state index is -0.699. The van der Waals surface area contributed by atoms with Crippen molar-refractivity contribution in [1.29, 1.82) is 0 Å². The molecule has 98 valence electrons. The van der Waals surface area contributed by atoms with Gasteiger partial charge in [0, 0.05) is 5.56 Å². The lowest BCUT2D eigenvalue weighted by atomic mass is 9.82. The average molecular weight is 247 g/mol. The summed E-state index contributed by atoms with van der Waals surface area (Å²) in [5, 5.41) is 10.2. The highest BCUT2D eigenvalue weighted by Gasteiger charge is 2.45. The molecule has 1 N–H and O–H groups in total. The molecule has 1 fully saturated rings. The SMILES string of the molecule is Cc1ccc(C(=O)N2CC(O)(C(C)C)C2)cc1C. The molecule has 1 aliphatic rings. The number of amides is 1. The van der Waals surface area contributed by atoms with E-state index >= 15 is 0 Å². The lowest BCUT2D eigenvalue weighted by molar-refractivity contribution is -0.110. The first-order chi connectivity index (χ1) is 8.33. The molecule has 0 atom stereocenters. The number of rotatable bonds is 2. The van der Waals surface area contributed by atoms with Gasteiger partial charge in [0.25, 0.3) is 5.91 Å². The smallest absolute Gasteiger partial charge is 0.254 e. The van der Waals surface area contributed by atoms with Crippen LogP contribution in [0.4, 0.5) is 0 Å². The predicted octanol–water partition coefficient (Wildman–Crippen LogP) is 2.15. The zero-order valence-corrected chi connectivity index (χ0v) is 11.5. The highest BCUT2D eigenvalue weighted by atomic mass is 16.3. The zero-order chi connectivity index (χ0) is 13.5. The second-order valence-electron chi connectivity index (χ2n) is 5.72. The van der Waals surface area contributed by atoms with E-state index in [0.717, 1.165) is 5.56 Å². The van der Waals surface area contributed by atoms with E-state index in [1.165, 1.54) is 5.56 Å². The minimum absolute atomic E-state index is 0.0171. The van der Waals surface area contributed by atoms with Crippen molar-refractivity contribution in [2.45, 2.75) is 33.3 Å². The van der Waals surface area contributed by atoms with Gasteiger partial charge in [0.15, 0.2) is 0 Å². The number of nitrogens with zero attached hydrogens (tertiary/aromatic N) is 1. The molecule has 0 unspecified atom stereocenters. The molecule has 1 aromatic rings. The molecular formula is C15H21NO2. The Bertz CT molecular complexity index is 473. The Hall–Kier alpha value is -1.35. The van der Waals surface area contributed by atoms with Gasteiger partial charge in [0.1, 0.15) is 5.60 Å². The molecule has 0 aromatic heterocycles. The second kappa shape index (κ2) is 4.39. The van der Waals surface area contributed by atoms with E-state index in [1.807, 2.05) is 45.9 Å². The van der Waals surface area contributed by atoms with E-state index in [2.05, 4.69) is 0 Å². The van der Waals surface area contributed by atoms with Gasteiger partial charge in [0.05, 0.1) is 13.1 Å². The number of likely N-dealkylation sites (tertiary alicyclic amines) is 1. The van der Waals surface area contributed by atoms with Crippen LogP contribution in [0.5, 0.6) is 0 Å². The van der Waals surface area contributed by atoms with Crippen molar-refractivity contribution in [1.82, 2.24) is 4.90 Å². The largest absolute Gasteiger partial charge is 0.386 e. The molecule has 0 bridgehead atoms. The van der Waals surface area contributed by atoms with E-state index < -0.39 is 5.60 Å². The standard InChI is InChI=1S/C15H21NO2/c1-10(2)15(18)8-16(9-15)14(17)13-6-5-11(3)12(4)7-13/h5-7,10,18H,8-9H2,1-4H3. The third kappa shape index (κ3) is 2.15. The second-order valence-corrected chi connectivity index (χ2v) is 5.72. The highest BCUT2D eigenvalue weighted by Crippen LogP contribution is 2.29. The number of β-amino-alcohol motifs (C(OH)–C–C–N with tert-alkyl or cyclic N) is 1. The quantitative estimate of drug-likeness (QED) is 0.870. The van der Waals surface area contributed by atoms with Crippen LogP contribution in [-0.4, -0.2) is 34.6 Å². The van der Waals surface area contributed by atoms with Crippen LogP contribution in [-0.2, 0) is 0 Å². The Morgan fingerprint density at radius 2 is 1.89 bits per heavy atom. The molecule has 3 nitrogen and oxygen atoms in total. The van der Waals surface area contributed by atoms with Gasteiger partial charge < -0.3 is 10.0 Å². The Labute approximate surface area is 108 Å². The maximum absolute atomic E-state index is 12.2. The van der Waals surface area contributed by atoms with Gasteiger partial charge in [0.2, 0.25) is 0 Å². The summed E-state index contributed by atoms with van der Waals surface area (Å²) in [5.74, 6) is 0.199. The molecule has 2 rings (SSSR count). The third-order valence-corrected chi connectivity index (χ3v) is 4.05. The van der Waals surface area contributed by atoms with E-state index in [9.17, 15) is 9.90 Å². The predicted molar refractivity (Wildman–Crippen MR) is 71.6 cm³/mol. The van der Waals surface area contributed by atoms with Crippen LogP contribution in [0.2, 0.25) is 0 Å². The Balaban J connectivity index is 2.08. The van der Waals surface area contributed by atoms with Crippen LogP contribution in [0, 0.1) is 19.8 Å². The number of carbonyl (C=O) groups is 1. The molecule has 0 spiro atoms. The van der Waals surface area contributed by atoms with Gasteiger partial charge in [-0.3, -0.25) is 4.79 Å². The third-order valence-electron chi connectivity index (χ3n) is 4.05. The van der Waals surface area contributed by atoms with Crippen molar-refractivity contribution >= 4 is 5.91 Å². The first-order valence-electron chi connectivity index (χ1n) is 6.42. The minimum Gasteiger partial charge on any atom is -0.386 e. The topological polar surface area (TPSA) is 40.5 Å². The Morgan fingerprint density at radius 1 is 1.28 bits per heavy atom. The average Bonchev–Trinajstić information content (AvgIpc) is 2.27. The van der Waals surface area contributed by atoms with Gasteiger partial charge in [-0.1, -0.05) is 19.9 Å². The molecule has 1 aliphatic heterocycles. The van der Waals surface area contributed by atoms with Gasteiger partial charge in [-0.05, 0) is 43.0 Å². The molecule has 1 heterocycles. The fourth-order valence-electron chi connectivity index (χ4n) is 2.18. The van der Waals surface area contributed by atoms with Gasteiger partial charge in [-0.25, -0.2) is 0 Å². The number of hydrogen-bond donors (Lipinski definition) is 1. The maximum atomic E-state index is 12.2. The van der Waals surface area contributed by atoms with Gasteiger partial charge in [-0.15, -0.1) is 0 Å². The molecule has 18 heavy (non-hydrogen) atoms. The van der Waals surface area contributed by atoms with Crippen LogP contribution < -0.4 is 0 Å². The van der Waals surface area contributed by atoms with Crippen LogP contribution in [0.1, 0.15) is 35.3 Å². The first-order valence-corrected chi connectivity index (χ1v) is 6.42. The Morgan fingerprint density at radius 3 is 2.39 bits per heavy atom. The summed E-state index contributed by atoms with van der Waals surface area (Å²) in [7, 11) is 0. The summed E-state index contributed by atoms with van der Waals surface area (Å²) in [6.45, 7) is 8.89. The Kier molecular flexibility index (Phi) is 3.20. The van der Waals surface area contributed by atoms with Crippen molar-refractivity contribution in [3.63, 3.8) is 0 Å². The molecule has 1 amide bonds. The zero-order valence-electron chi connectivity index (χ0n) is 11.5. The maximum Gasteiger partial charge on any atom is 0.254 e. The number of carbonyl (C=O) groups excluding carboxylic acids is 1. The number of aliphatic hydroxyl groups is 1. The monoisotopic (exact) mass is 247 g/mol. The normalized spacial score (nSPS) is 17.8. The molecule has 3 heteroatoms. The van der Waals surface area contributed by atoms with Crippen molar-refractivity contribution in [3.05, 3.63) is 34.9 Å². The van der Waals surface area contributed by atoms with Crippen LogP contribution in [0.3, 0.4) is 0 Å². The molecule has 0 saturated carbocycles. The van der Waals surface area contributed by atoms with Crippen LogP contribution >= 0.6 is 0 Å². The van der Waals surface area contributed by atoms with Crippen molar-refractivity contribution in [2.75, 3.05) is 13.1 Å². The van der Waals surface area contributed by atoms with Crippen molar-refractivity contribution in [2.24, 2.45) is 5.92 Å². The lowest BCUT2D eigenvalue weighted by Gasteiger charge is -2.49. The first kappa shape index (κ1) is 13.1. The van der Waals surface area contributed by atoms with Gasteiger partial charge >= 0.3 is 0 Å². The number of aryl methyl sites for hydroxylation is 2. The summed E-state index contributed by atoms with van der Waals surface area (Å²) in [4.78, 5) is 13.9. The van der Waals surface area contributed by atoms with Crippen molar-refractivity contribution < 1.29 is 9.90 Å². The molecule has 0 aliphatic carbocycles. The van der Waals surface area contributed by atoms with Crippen molar-refractivity contribution in [3.8, 4) is 0 Å². The summed E-state index contributed by atoms with van der Waals surface area (Å²) in [6.07, 6.45) is 0. The summed E-state index contributed by atoms with van der Waals surface area (Å²) in [5.41, 5.74) is 2.33. The van der Waals surface area contributed by atoms with E-state index in [1.54, 1.807) is 4.90 Å². The van der Waals surface area contributed by atoms with E-state index in [0.29, 0.717) is 18.7 Å². The van der Waals surface area contributed by atoms with E-state index in [-0.39, 0.29) is 11.8 Å². The molecule has 0 radical (unpaired) electrons. The number of hydrogen-bond acceptors (Lipinski definition) is 2. The molecule has 1 saturated heterocycles. The lowest BCUT2D eigenvalue weighted by Crippen LogP contribution is -2.65. The fourth-order valence-corrected chi connectivity index (χ4v) is 2.18.